The lowest BCUT2D eigenvalue weighted by atomic mass is 9.92. The molecule has 110 valence electrons. The van der Waals surface area contributed by atoms with Crippen molar-refractivity contribution in [3.05, 3.63) is 0 Å². The van der Waals surface area contributed by atoms with Gasteiger partial charge in [-0.2, -0.15) is 35.1 Å². The molecule has 0 nitrogen and oxygen atoms in total. The Hall–Kier alpha value is -0.120. The van der Waals surface area contributed by atoms with Crippen molar-refractivity contribution in [2.24, 2.45) is 0 Å². The van der Waals surface area contributed by atoms with E-state index in [1.54, 1.807) is 0 Å². The van der Waals surface area contributed by atoms with Crippen LogP contribution in [0.3, 0.4) is 0 Å². The van der Waals surface area contributed by atoms with Gasteiger partial charge in [-0.05, 0) is 0 Å². The summed E-state index contributed by atoms with van der Waals surface area (Å²) in [6.07, 6.45) is -14.3. The van der Waals surface area contributed by atoms with E-state index >= 15 is 0 Å². The molecule has 0 aromatic rings. The van der Waals surface area contributed by atoms with Crippen molar-refractivity contribution < 1.29 is 43.9 Å². The maximum Gasteiger partial charge on any atom is 0.437 e. The van der Waals surface area contributed by atoms with Gasteiger partial charge >= 0.3 is 23.9 Å². The summed E-state index contributed by atoms with van der Waals surface area (Å²) in [6, 6.07) is 0. The normalized spacial score (nSPS) is 18.7. The summed E-state index contributed by atoms with van der Waals surface area (Å²) >= 11 is 8.52. The third kappa shape index (κ3) is 2.33. The maximum atomic E-state index is 12.9. The van der Waals surface area contributed by atoms with E-state index in [-0.39, 0.29) is 0 Å². The lowest BCUT2D eigenvalue weighted by Gasteiger charge is -2.39. The second kappa shape index (κ2) is 4.46. The zero-order valence-electron chi connectivity index (χ0n) is 7.74. The van der Waals surface area contributed by atoms with Crippen LogP contribution in [0, 0.1) is 0 Å². The molecule has 0 aliphatic heterocycles. The molecular weight excluding hydrogens is 333 g/mol. The van der Waals surface area contributed by atoms with Crippen molar-refractivity contribution >= 4 is 23.2 Å². The Morgan fingerprint density at radius 2 is 0.944 bits per heavy atom. The fourth-order valence-electron chi connectivity index (χ4n) is 0.853. The molecule has 0 amide bonds. The summed E-state index contributed by atoms with van der Waals surface area (Å²) in [6.45, 7) is 0. The molecule has 1 atom stereocenters. The molecule has 0 aliphatic rings. The van der Waals surface area contributed by atoms with Crippen LogP contribution < -0.4 is 0 Å². The van der Waals surface area contributed by atoms with Crippen molar-refractivity contribution in [2.45, 2.75) is 29.1 Å². The fourth-order valence-corrected chi connectivity index (χ4v) is 1.15. The van der Waals surface area contributed by atoms with Crippen LogP contribution in [0.15, 0.2) is 0 Å². The predicted octanol–water partition coefficient (Wildman–Crippen LogP) is 4.60. The van der Waals surface area contributed by atoms with Crippen molar-refractivity contribution in [1.29, 1.82) is 0 Å². The van der Waals surface area contributed by atoms with Gasteiger partial charge in [0.25, 0.3) is 5.13 Å². The third-order valence-electron chi connectivity index (χ3n) is 1.84. The smallest absolute Gasteiger partial charge is 0.218 e. The first kappa shape index (κ1) is 17.9. The number of hydrogen-bond acceptors (Lipinski definition) is 0. The molecule has 0 aromatic carbocycles. The molecule has 0 saturated heterocycles. The predicted molar refractivity (Wildman–Crippen MR) is 41.3 cm³/mol. The van der Waals surface area contributed by atoms with Gasteiger partial charge in [-0.25, -0.2) is 8.78 Å². The Morgan fingerprint density at radius 1 is 0.667 bits per heavy atom. The van der Waals surface area contributed by atoms with E-state index in [9.17, 15) is 43.9 Å². The molecular formula is C6H2Cl2F10. The summed E-state index contributed by atoms with van der Waals surface area (Å²) in [5, 5.41) is -5.08. The van der Waals surface area contributed by atoms with Gasteiger partial charge in [-0.15, -0.1) is 11.6 Å². The first-order valence-corrected chi connectivity index (χ1v) is 4.61. The van der Waals surface area contributed by atoms with E-state index in [1.807, 2.05) is 0 Å². The van der Waals surface area contributed by atoms with Gasteiger partial charge < -0.3 is 0 Å². The standard InChI is InChI=1S/C6H2Cl2F10/c7-1-2(8,9)4(11,12)3(10,5(13,14)15)6(16,17)18/h1H2. The molecule has 0 saturated carbocycles. The monoisotopic (exact) mass is 334 g/mol. The molecule has 0 aliphatic carbocycles. The molecule has 0 fully saturated rings. The average Bonchev–Trinajstić information content (AvgIpc) is 2.12. The SMILES string of the molecule is FC(F)(F)C(F)(C(F)(F)F)C(F)(F)C(F)(Cl)CCl. The molecule has 0 rings (SSSR count). The van der Waals surface area contributed by atoms with Crippen LogP contribution in [0.5, 0.6) is 0 Å². The van der Waals surface area contributed by atoms with Crippen LogP contribution in [-0.4, -0.2) is 35.0 Å². The first-order chi connectivity index (χ1) is 7.56. The number of rotatable bonds is 3. The van der Waals surface area contributed by atoms with Gasteiger partial charge in [0, 0.05) is 0 Å². The van der Waals surface area contributed by atoms with Gasteiger partial charge in [0.1, 0.15) is 0 Å². The second-order valence-electron chi connectivity index (χ2n) is 3.07. The summed E-state index contributed by atoms with van der Waals surface area (Å²) in [4.78, 5) is 0. The molecule has 0 radical (unpaired) electrons. The van der Waals surface area contributed by atoms with Gasteiger partial charge in [-0.1, -0.05) is 11.6 Å². The van der Waals surface area contributed by atoms with E-state index < -0.39 is 35.0 Å². The molecule has 0 spiro atoms. The Labute approximate surface area is 103 Å². The highest BCUT2D eigenvalue weighted by Crippen LogP contribution is 2.59. The molecule has 1 unspecified atom stereocenters. The van der Waals surface area contributed by atoms with E-state index in [0.29, 0.717) is 0 Å². The molecule has 0 N–H and O–H groups in total. The minimum atomic E-state index is -7.17. The van der Waals surface area contributed by atoms with Gasteiger partial charge in [0.15, 0.2) is 0 Å². The minimum Gasteiger partial charge on any atom is -0.218 e. The minimum absolute atomic E-state index is 2.20. The van der Waals surface area contributed by atoms with Crippen LogP contribution in [0.4, 0.5) is 43.9 Å². The Morgan fingerprint density at radius 3 is 1.11 bits per heavy atom. The summed E-state index contributed by atoms with van der Waals surface area (Å²) < 4.78 is 123. The number of halogens is 12. The quantitative estimate of drug-likeness (QED) is 0.522. The summed E-state index contributed by atoms with van der Waals surface area (Å²) in [5.74, 6) is -8.88. The molecule has 0 heterocycles. The summed E-state index contributed by atoms with van der Waals surface area (Å²) in [7, 11) is 0. The van der Waals surface area contributed by atoms with Crippen molar-refractivity contribution in [3.63, 3.8) is 0 Å². The molecule has 0 aromatic heterocycles. The van der Waals surface area contributed by atoms with Gasteiger partial charge in [0.2, 0.25) is 0 Å². The Kier molecular flexibility index (Phi) is 4.43. The highest BCUT2D eigenvalue weighted by atomic mass is 35.5. The lowest BCUT2D eigenvalue weighted by molar-refractivity contribution is -0.407. The van der Waals surface area contributed by atoms with E-state index in [4.69, 9.17) is 0 Å². The van der Waals surface area contributed by atoms with Crippen LogP contribution >= 0.6 is 23.2 Å². The van der Waals surface area contributed by atoms with Crippen LogP contribution in [0.2, 0.25) is 0 Å². The van der Waals surface area contributed by atoms with Crippen molar-refractivity contribution in [1.82, 2.24) is 0 Å². The average molecular weight is 335 g/mol. The largest absolute Gasteiger partial charge is 0.437 e. The van der Waals surface area contributed by atoms with Gasteiger partial charge in [0.05, 0.1) is 5.88 Å². The Balaban J connectivity index is 6.10. The van der Waals surface area contributed by atoms with Crippen molar-refractivity contribution in [3.8, 4) is 0 Å². The van der Waals surface area contributed by atoms with E-state index in [1.165, 1.54) is 0 Å². The summed E-state index contributed by atoms with van der Waals surface area (Å²) in [5.41, 5.74) is -7.17. The van der Waals surface area contributed by atoms with Crippen LogP contribution in [-0.2, 0) is 0 Å². The third-order valence-corrected chi connectivity index (χ3v) is 2.72. The highest BCUT2D eigenvalue weighted by molar-refractivity contribution is 6.30. The zero-order valence-corrected chi connectivity index (χ0v) is 9.25. The molecule has 18 heavy (non-hydrogen) atoms. The van der Waals surface area contributed by atoms with Gasteiger partial charge in [-0.3, -0.25) is 0 Å². The Bertz CT molecular complexity index is 288. The fraction of sp³-hybridized carbons (Fsp3) is 1.00. The molecule has 0 bridgehead atoms. The topological polar surface area (TPSA) is 0 Å². The first-order valence-electron chi connectivity index (χ1n) is 3.70. The van der Waals surface area contributed by atoms with Crippen LogP contribution in [0.25, 0.3) is 0 Å². The molecule has 12 heteroatoms. The second-order valence-corrected chi connectivity index (χ2v) is 3.93. The lowest BCUT2D eigenvalue weighted by Crippen LogP contribution is -2.70. The number of hydrogen-bond donors (Lipinski definition) is 0. The van der Waals surface area contributed by atoms with Crippen molar-refractivity contribution in [2.75, 3.05) is 5.88 Å². The van der Waals surface area contributed by atoms with E-state index in [0.717, 1.165) is 0 Å². The van der Waals surface area contributed by atoms with E-state index in [2.05, 4.69) is 23.2 Å². The highest BCUT2D eigenvalue weighted by Gasteiger charge is 2.89. The maximum absolute atomic E-state index is 12.9. The van der Waals surface area contributed by atoms with Crippen LogP contribution in [0.1, 0.15) is 0 Å². The zero-order chi connectivity index (χ0) is 15.2. The number of alkyl halides is 12.